The maximum atomic E-state index is 12.2. The number of hydrogen-bond acceptors (Lipinski definition) is 5. The maximum absolute atomic E-state index is 12.2. The average Bonchev–Trinajstić information content (AvgIpc) is 3.40. The summed E-state index contributed by atoms with van der Waals surface area (Å²) in [4.78, 5) is 21.0. The lowest BCUT2D eigenvalue weighted by Crippen LogP contribution is -2.31. The molecule has 0 spiro atoms. The minimum Gasteiger partial charge on any atom is -0.447 e. The number of hydrogen-bond donors (Lipinski definition) is 1. The molecule has 1 aliphatic rings. The molecule has 0 aliphatic heterocycles. The molecule has 1 N–H and O–H groups in total. The van der Waals surface area contributed by atoms with Crippen molar-refractivity contribution in [2.75, 3.05) is 27.2 Å². The second-order valence-electron chi connectivity index (χ2n) is 8.22. The van der Waals surface area contributed by atoms with Gasteiger partial charge < -0.3 is 14.6 Å². The van der Waals surface area contributed by atoms with E-state index in [1.807, 2.05) is 19.0 Å². The highest BCUT2D eigenvalue weighted by molar-refractivity contribution is 5.91. The molecular weight excluding hydrogens is 352 g/mol. The summed E-state index contributed by atoms with van der Waals surface area (Å²) in [7, 11) is 3.95. The van der Waals surface area contributed by atoms with Gasteiger partial charge in [0, 0.05) is 25.7 Å². The van der Waals surface area contributed by atoms with Crippen molar-refractivity contribution in [3.05, 3.63) is 53.2 Å². The number of nitrogens with one attached hydrogen (secondary N) is 1. The van der Waals surface area contributed by atoms with Crippen LogP contribution in [0.5, 0.6) is 0 Å². The third kappa shape index (κ3) is 5.91. The van der Waals surface area contributed by atoms with Gasteiger partial charge in [-0.25, -0.2) is 4.98 Å². The summed E-state index contributed by atoms with van der Waals surface area (Å²) < 4.78 is 5.59. The Balaban J connectivity index is 1.57. The van der Waals surface area contributed by atoms with Crippen LogP contribution in [0.3, 0.4) is 0 Å². The van der Waals surface area contributed by atoms with E-state index in [2.05, 4.69) is 53.3 Å². The van der Waals surface area contributed by atoms with Crippen molar-refractivity contribution in [2.24, 2.45) is 0 Å². The number of carbonyl (C=O) groups is 1. The highest BCUT2D eigenvalue weighted by Gasteiger charge is 2.30. The van der Waals surface area contributed by atoms with Gasteiger partial charge in [0.25, 0.3) is 5.91 Å². The first-order valence-electron chi connectivity index (χ1n) is 10.1. The average molecular weight is 385 g/mol. The largest absolute Gasteiger partial charge is 0.447 e. The molecule has 0 saturated heterocycles. The number of rotatable bonds is 10. The first kappa shape index (κ1) is 20.6. The summed E-state index contributed by atoms with van der Waals surface area (Å²) in [5.74, 6) is 0.964. The predicted molar refractivity (Wildman–Crippen MR) is 110 cm³/mol. The Morgan fingerprint density at radius 2 is 1.93 bits per heavy atom. The van der Waals surface area contributed by atoms with E-state index in [9.17, 15) is 4.79 Å². The number of nitrogens with zero attached hydrogens (tertiary/aromatic N) is 3. The molecular formula is C22H32N4O2. The number of aromatic nitrogens is 1. The second kappa shape index (κ2) is 9.34. The summed E-state index contributed by atoms with van der Waals surface area (Å²) in [5, 5.41) is 2.87. The van der Waals surface area contributed by atoms with Gasteiger partial charge in [0.05, 0.1) is 6.54 Å². The fraction of sp³-hybridized carbons (Fsp3) is 0.545. The summed E-state index contributed by atoms with van der Waals surface area (Å²) in [6.07, 6.45) is 3.88. The predicted octanol–water partition coefficient (Wildman–Crippen LogP) is 3.25. The molecule has 1 aliphatic carbocycles. The van der Waals surface area contributed by atoms with Crippen LogP contribution in [0.25, 0.3) is 0 Å². The van der Waals surface area contributed by atoms with Crippen LogP contribution in [-0.2, 0) is 13.1 Å². The van der Waals surface area contributed by atoms with Crippen LogP contribution in [0.1, 0.15) is 60.1 Å². The standard InChI is InChI=1S/C22H32N4O2/c1-16(2)18-7-5-17(6-8-18)13-26(19-9-10-19)14-21-24-20(15-28-21)22(27)23-11-12-25(3)4/h5-8,15-16,19H,9-14H2,1-4H3,(H,23,27). The van der Waals surface area contributed by atoms with Gasteiger partial charge in [0.15, 0.2) is 5.69 Å². The third-order valence-electron chi connectivity index (χ3n) is 5.06. The zero-order valence-electron chi connectivity index (χ0n) is 17.4. The van der Waals surface area contributed by atoms with Crippen molar-refractivity contribution in [1.82, 2.24) is 20.1 Å². The molecule has 0 radical (unpaired) electrons. The molecule has 1 aromatic carbocycles. The van der Waals surface area contributed by atoms with Crippen molar-refractivity contribution in [2.45, 2.75) is 51.7 Å². The van der Waals surface area contributed by atoms with Crippen LogP contribution in [-0.4, -0.2) is 53.9 Å². The van der Waals surface area contributed by atoms with Gasteiger partial charge in [-0.05, 0) is 44.0 Å². The fourth-order valence-corrected chi connectivity index (χ4v) is 3.14. The van der Waals surface area contributed by atoms with E-state index >= 15 is 0 Å². The van der Waals surface area contributed by atoms with Crippen molar-refractivity contribution >= 4 is 5.91 Å². The summed E-state index contributed by atoms with van der Waals surface area (Å²) >= 11 is 0. The number of oxazole rings is 1. The van der Waals surface area contributed by atoms with Crippen LogP contribution in [0.2, 0.25) is 0 Å². The number of likely N-dealkylation sites (N-methyl/N-ethyl adjacent to an activating group) is 1. The Labute approximate surface area is 167 Å². The van der Waals surface area contributed by atoms with Gasteiger partial charge in [0.1, 0.15) is 6.26 Å². The van der Waals surface area contributed by atoms with E-state index in [1.54, 1.807) is 0 Å². The molecule has 2 aromatic rings. The van der Waals surface area contributed by atoms with Gasteiger partial charge in [-0.15, -0.1) is 0 Å². The van der Waals surface area contributed by atoms with Gasteiger partial charge in [0.2, 0.25) is 5.89 Å². The molecule has 152 valence electrons. The summed E-state index contributed by atoms with van der Waals surface area (Å²) in [6.45, 7) is 7.30. The zero-order chi connectivity index (χ0) is 20.1. The van der Waals surface area contributed by atoms with Crippen LogP contribution in [0.4, 0.5) is 0 Å². The fourth-order valence-electron chi connectivity index (χ4n) is 3.14. The van der Waals surface area contributed by atoms with Gasteiger partial charge in [-0.1, -0.05) is 38.1 Å². The molecule has 1 fully saturated rings. The molecule has 0 unspecified atom stereocenters. The molecule has 1 heterocycles. The molecule has 1 amide bonds. The van der Waals surface area contributed by atoms with Crippen molar-refractivity contribution in [3.63, 3.8) is 0 Å². The van der Waals surface area contributed by atoms with E-state index < -0.39 is 0 Å². The van der Waals surface area contributed by atoms with E-state index in [0.717, 1.165) is 13.1 Å². The Kier molecular flexibility index (Phi) is 6.86. The number of amides is 1. The second-order valence-corrected chi connectivity index (χ2v) is 8.22. The van der Waals surface area contributed by atoms with Crippen molar-refractivity contribution in [1.29, 1.82) is 0 Å². The Morgan fingerprint density at radius 1 is 1.21 bits per heavy atom. The van der Waals surface area contributed by atoms with Crippen molar-refractivity contribution < 1.29 is 9.21 Å². The Bertz CT molecular complexity index is 763. The smallest absolute Gasteiger partial charge is 0.273 e. The van der Waals surface area contributed by atoms with Gasteiger partial charge in [-0.3, -0.25) is 9.69 Å². The SMILES string of the molecule is CC(C)c1ccc(CN(Cc2nc(C(=O)NCCN(C)C)co2)C2CC2)cc1. The Morgan fingerprint density at radius 3 is 2.54 bits per heavy atom. The monoisotopic (exact) mass is 384 g/mol. The lowest BCUT2D eigenvalue weighted by molar-refractivity contribution is 0.0946. The number of benzene rings is 1. The molecule has 0 atom stereocenters. The summed E-state index contributed by atoms with van der Waals surface area (Å²) in [6, 6.07) is 9.43. The zero-order valence-corrected chi connectivity index (χ0v) is 17.4. The van der Waals surface area contributed by atoms with Crippen LogP contribution in [0, 0.1) is 0 Å². The van der Waals surface area contributed by atoms with Crippen LogP contribution >= 0.6 is 0 Å². The number of carbonyl (C=O) groups excluding carboxylic acids is 1. The quantitative estimate of drug-likeness (QED) is 0.681. The third-order valence-corrected chi connectivity index (χ3v) is 5.06. The molecule has 3 rings (SSSR count). The Hall–Kier alpha value is -2.18. The lowest BCUT2D eigenvalue weighted by Gasteiger charge is -2.20. The topological polar surface area (TPSA) is 61.6 Å². The molecule has 1 saturated carbocycles. The van der Waals surface area contributed by atoms with Crippen LogP contribution in [0.15, 0.2) is 34.9 Å². The summed E-state index contributed by atoms with van der Waals surface area (Å²) in [5.41, 5.74) is 3.01. The first-order valence-corrected chi connectivity index (χ1v) is 10.1. The maximum Gasteiger partial charge on any atom is 0.273 e. The normalized spacial score (nSPS) is 14.2. The van der Waals surface area contributed by atoms with E-state index in [-0.39, 0.29) is 5.91 Å². The lowest BCUT2D eigenvalue weighted by atomic mass is 10.0. The van der Waals surface area contributed by atoms with Crippen LogP contribution < -0.4 is 5.32 Å². The molecule has 28 heavy (non-hydrogen) atoms. The van der Waals surface area contributed by atoms with E-state index in [4.69, 9.17) is 4.42 Å². The highest BCUT2D eigenvalue weighted by atomic mass is 16.3. The molecule has 6 nitrogen and oxygen atoms in total. The molecule has 6 heteroatoms. The minimum absolute atomic E-state index is 0.181. The van der Waals surface area contributed by atoms with Crippen molar-refractivity contribution in [3.8, 4) is 0 Å². The molecule has 0 bridgehead atoms. The minimum atomic E-state index is -0.181. The highest BCUT2D eigenvalue weighted by Crippen LogP contribution is 2.30. The molecule has 1 aromatic heterocycles. The first-order chi connectivity index (χ1) is 13.4. The van der Waals surface area contributed by atoms with Gasteiger partial charge >= 0.3 is 0 Å². The van der Waals surface area contributed by atoms with E-state index in [1.165, 1.54) is 30.2 Å². The van der Waals surface area contributed by atoms with Gasteiger partial charge in [-0.2, -0.15) is 0 Å². The van der Waals surface area contributed by atoms with E-state index in [0.29, 0.717) is 36.6 Å².